The van der Waals surface area contributed by atoms with Gasteiger partial charge in [0, 0.05) is 18.8 Å². The summed E-state index contributed by atoms with van der Waals surface area (Å²) in [4.78, 5) is 11.3. The summed E-state index contributed by atoms with van der Waals surface area (Å²) in [6.45, 7) is 2.23. The maximum atomic E-state index is 12.9. The van der Waals surface area contributed by atoms with Crippen LogP contribution in [0.5, 0.6) is 5.75 Å². The first-order valence-electron chi connectivity index (χ1n) is 11.2. The first-order chi connectivity index (χ1) is 15.4. The topological polar surface area (TPSA) is 109 Å². The second-order valence-electron chi connectivity index (χ2n) is 8.03. The summed E-state index contributed by atoms with van der Waals surface area (Å²) >= 11 is 0. The molecule has 0 amide bonds. The number of benzene rings is 1. The average Bonchev–Trinajstić information content (AvgIpc) is 3.08. The molecule has 1 unspecified atom stereocenters. The molecule has 0 radical (unpaired) electrons. The summed E-state index contributed by atoms with van der Waals surface area (Å²) in [5.74, 6) is -0.317. The molecule has 0 saturated heterocycles. The fourth-order valence-corrected chi connectivity index (χ4v) is 4.00. The van der Waals surface area contributed by atoms with E-state index in [0.717, 1.165) is 6.42 Å². The first-order valence-corrected chi connectivity index (χ1v) is 11.2. The van der Waals surface area contributed by atoms with E-state index in [9.17, 15) is 24.6 Å². The molecule has 0 spiro atoms. The van der Waals surface area contributed by atoms with Gasteiger partial charge in [-0.2, -0.15) is 0 Å². The van der Waals surface area contributed by atoms with Gasteiger partial charge in [0.1, 0.15) is 18.2 Å². The van der Waals surface area contributed by atoms with Crippen molar-refractivity contribution in [3.8, 4) is 5.75 Å². The zero-order chi connectivity index (χ0) is 23.3. The first kappa shape index (κ1) is 25.8. The Hall–Kier alpha value is -2.45. The number of allylic oxidation sites excluding steroid dienone is 2. The fraction of sp³-hybridized carbons (Fsp3) is 0.583. The van der Waals surface area contributed by atoms with Gasteiger partial charge in [-0.3, -0.25) is 4.79 Å². The Morgan fingerprint density at radius 3 is 2.75 bits per heavy atom. The predicted molar refractivity (Wildman–Crippen MR) is 118 cm³/mol. The van der Waals surface area contributed by atoms with Crippen molar-refractivity contribution in [2.24, 2.45) is 17.0 Å². The highest BCUT2D eigenvalue weighted by molar-refractivity contribution is 5.89. The molecule has 0 aliphatic heterocycles. The van der Waals surface area contributed by atoms with E-state index in [0.29, 0.717) is 56.6 Å². The molecule has 0 aromatic heterocycles. The molecule has 1 aromatic carbocycles. The van der Waals surface area contributed by atoms with E-state index in [4.69, 9.17) is 9.47 Å². The molecule has 3 N–H and O–H groups in total. The van der Waals surface area contributed by atoms with Crippen LogP contribution in [-0.2, 0) is 9.53 Å². The monoisotopic (exact) mass is 451 g/mol. The lowest BCUT2D eigenvalue weighted by Crippen LogP contribution is -2.24. The van der Waals surface area contributed by atoms with Crippen LogP contribution in [0.15, 0.2) is 41.6 Å². The number of aliphatic hydroxyl groups excluding tert-OH is 2. The number of rotatable bonds is 13. The normalized spacial score (nSPS) is 23.0. The summed E-state index contributed by atoms with van der Waals surface area (Å²) in [5, 5.41) is 33.4. The molecule has 1 aliphatic carbocycles. The third kappa shape index (κ3) is 8.59. The Labute approximate surface area is 188 Å². The third-order valence-electron chi connectivity index (χ3n) is 5.68. The van der Waals surface area contributed by atoms with Gasteiger partial charge in [0.05, 0.1) is 24.5 Å². The van der Waals surface area contributed by atoms with E-state index in [-0.39, 0.29) is 30.2 Å². The maximum Gasteiger partial charge on any atom is 0.305 e. The number of hydrogen-bond acceptors (Lipinski definition) is 7. The van der Waals surface area contributed by atoms with Gasteiger partial charge < -0.3 is 24.9 Å². The van der Waals surface area contributed by atoms with E-state index >= 15 is 0 Å². The quantitative estimate of drug-likeness (QED) is 0.138. The standard InChI is InChI=1S/C24H34FNO6/c1-2-31-24(29)8-6-4-3-5-7-21-20(22(26-30)15-23(21)28)14-11-18(27)16-32-19-12-9-17(25)10-13-19/h3,5,9-10,12-13,18,20-21,23,27-28,30H,2,4,6-8,11,14-16H2,1H3/b5-3-,26-22-/t18-,20?,21-,23+/m1/s1. The highest BCUT2D eigenvalue weighted by Gasteiger charge is 2.39. The number of unbranched alkanes of at least 4 members (excludes halogenated alkanes) is 1. The molecule has 1 saturated carbocycles. The number of aliphatic hydroxyl groups is 2. The second-order valence-corrected chi connectivity index (χ2v) is 8.03. The van der Waals surface area contributed by atoms with Crippen molar-refractivity contribution < 1.29 is 34.1 Å². The molecular formula is C24H34FNO6. The zero-order valence-corrected chi connectivity index (χ0v) is 18.5. The van der Waals surface area contributed by atoms with Gasteiger partial charge in [-0.15, -0.1) is 0 Å². The SMILES string of the molecule is CCOC(=O)CCC/C=C\C[C@@H]1C(CC[C@@H](O)COc2ccc(F)cc2)/C(=N\O)C[C@@H]1O. The molecule has 1 fully saturated rings. The largest absolute Gasteiger partial charge is 0.491 e. The molecule has 0 heterocycles. The van der Waals surface area contributed by atoms with Crippen LogP contribution in [-0.4, -0.2) is 52.5 Å². The Balaban J connectivity index is 1.78. The minimum absolute atomic E-state index is 0.0670. The molecule has 4 atom stereocenters. The minimum atomic E-state index is -0.739. The number of nitrogens with zero attached hydrogens (tertiary/aromatic N) is 1. The van der Waals surface area contributed by atoms with E-state index in [1.165, 1.54) is 24.3 Å². The van der Waals surface area contributed by atoms with Gasteiger partial charge in [-0.05, 0) is 69.2 Å². The molecule has 7 nitrogen and oxygen atoms in total. The average molecular weight is 452 g/mol. The molecular weight excluding hydrogens is 417 g/mol. The Morgan fingerprint density at radius 2 is 2.06 bits per heavy atom. The summed E-state index contributed by atoms with van der Waals surface area (Å²) in [6.07, 6.45) is 6.34. The van der Waals surface area contributed by atoms with Gasteiger partial charge in [0.15, 0.2) is 0 Å². The molecule has 32 heavy (non-hydrogen) atoms. The van der Waals surface area contributed by atoms with Crippen molar-refractivity contribution in [1.29, 1.82) is 0 Å². The van der Waals surface area contributed by atoms with Crippen molar-refractivity contribution >= 4 is 11.7 Å². The Morgan fingerprint density at radius 1 is 1.31 bits per heavy atom. The van der Waals surface area contributed by atoms with Crippen LogP contribution < -0.4 is 4.74 Å². The van der Waals surface area contributed by atoms with Crippen LogP contribution in [0.3, 0.4) is 0 Å². The van der Waals surface area contributed by atoms with Crippen molar-refractivity contribution in [3.05, 3.63) is 42.2 Å². The maximum absolute atomic E-state index is 12.9. The number of carbonyl (C=O) groups is 1. The Bertz CT molecular complexity index is 751. The van der Waals surface area contributed by atoms with Crippen molar-refractivity contribution in [2.45, 2.75) is 64.1 Å². The van der Waals surface area contributed by atoms with Gasteiger partial charge in [-0.25, -0.2) is 4.39 Å². The number of hydrogen-bond donors (Lipinski definition) is 3. The van der Waals surface area contributed by atoms with Crippen LogP contribution >= 0.6 is 0 Å². The smallest absolute Gasteiger partial charge is 0.305 e. The Kier molecular flexibility index (Phi) is 11.2. The summed E-state index contributed by atoms with van der Waals surface area (Å²) in [7, 11) is 0. The molecule has 1 aromatic rings. The highest BCUT2D eigenvalue weighted by Crippen LogP contribution is 2.36. The highest BCUT2D eigenvalue weighted by atomic mass is 19.1. The number of halogens is 1. The van der Waals surface area contributed by atoms with Gasteiger partial charge >= 0.3 is 5.97 Å². The van der Waals surface area contributed by atoms with Crippen molar-refractivity contribution in [1.82, 2.24) is 0 Å². The predicted octanol–water partition coefficient (Wildman–Crippen LogP) is 3.85. The van der Waals surface area contributed by atoms with E-state index < -0.39 is 12.2 Å². The fourth-order valence-electron chi connectivity index (χ4n) is 4.00. The van der Waals surface area contributed by atoms with Crippen LogP contribution in [0.2, 0.25) is 0 Å². The zero-order valence-electron chi connectivity index (χ0n) is 18.5. The van der Waals surface area contributed by atoms with Crippen molar-refractivity contribution in [3.63, 3.8) is 0 Å². The van der Waals surface area contributed by atoms with Crippen LogP contribution in [0, 0.1) is 17.7 Å². The molecule has 0 bridgehead atoms. The summed E-state index contributed by atoms with van der Waals surface area (Å²) in [6, 6.07) is 5.59. The van der Waals surface area contributed by atoms with E-state index in [1.807, 2.05) is 12.2 Å². The van der Waals surface area contributed by atoms with Crippen molar-refractivity contribution in [2.75, 3.05) is 13.2 Å². The summed E-state index contributed by atoms with van der Waals surface area (Å²) in [5.41, 5.74) is 0.546. The number of carbonyl (C=O) groups excluding carboxylic acids is 1. The second kappa shape index (κ2) is 13.9. The summed E-state index contributed by atoms with van der Waals surface area (Å²) < 4.78 is 23.3. The molecule has 2 rings (SSSR count). The van der Waals surface area contributed by atoms with Gasteiger partial charge in [0.25, 0.3) is 0 Å². The number of oxime groups is 1. The van der Waals surface area contributed by atoms with Gasteiger partial charge in [0.2, 0.25) is 0 Å². The lowest BCUT2D eigenvalue weighted by Gasteiger charge is -2.22. The third-order valence-corrected chi connectivity index (χ3v) is 5.68. The van der Waals surface area contributed by atoms with Crippen LogP contribution in [0.1, 0.15) is 51.9 Å². The van der Waals surface area contributed by atoms with E-state index in [1.54, 1.807) is 6.92 Å². The van der Waals surface area contributed by atoms with Crippen LogP contribution in [0.25, 0.3) is 0 Å². The molecule has 1 aliphatic rings. The number of ether oxygens (including phenoxy) is 2. The molecule has 8 heteroatoms. The van der Waals surface area contributed by atoms with Gasteiger partial charge in [-0.1, -0.05) is 17.3 Å². The lowest BCUT2D eigenvalue weighted by molar-refractivity contribution is -0.143. The number of esters is 1. The minimum Gasteiger partial charge on any atom is -0.491 e. The molecule has 178 valence electrons. The lowest BCUT2D eigenvalue weighted by atomic mass is 9.86. The van der Waals surface area contributed by atoms with E-state index in [2.05, 4.69) is 5.16 Å². The van der Waals surface area contributed by atoms with Crippen LogP contribution in [0.4, 0.5) is 4.39 Å².